The van der Waals surface area contributed by atoms with E-state index in [2.05, 4.69) is 12.7 Å². The number of carbonyl (C=O) groups excluding carboxylic acids is 1. The van der Waals surface area contributed by atoms with Crippen LogP contribution in [0, 0.1) is 0 Å². The van der Waals surface area contributed by atoms with Crippen LogP contribution in [0.25, 0.3) is 0 Å². The molecule has 2 heteroatoms. The summed E-state index contributed by atoms with van der Waals surface area (Å²) in [6.45, 7) is 3.70. The molecule has 2 rings (SSSR count). The van der Waals surface area contributed by atoms with E-state index in [9.17, 15) is 4.79 Å². The SMILES string of the molecule is C=CCCCC12CC=C(CC(=O)C1)O2. The fourth-order valence-electron chi connectivity index (χ4n) is 2.30. The molecule has 0 spiro atoms. The molecule has 1 fully saturated rings. The molecular formula is C12H16O2. The molecule has 1 saturated heterocycles. The third-order valence-electron chi connectivity index (χ3n) is 2.98. The smallest absolute Gasteiger partial charge is 0.144 e. The number of rotatable bonds is 4. The molecule has 76 valence electrons. The first-order valence-corrected chi connectivity index (χ1v) is 5.25. The summed E-state index contributed by atoms with van der Waals surface area (Å²) in [7, 11) is 0. The van der Waals surface area contributed by atoms with Gasteiger partial charge >= 0.3 is 0 Å². The summed E-state index contributed by atoms with van der Waals surface area (Å²) in [5, 5.41) is 0. The third-order valence-corrected chi connectivity index (χ3v) is 2.98. The van der Waals surface area contributed by atoms with E-state index < -0.39 is 0 Å². The molecule has 2 nitrogen and oxygen atoms in total. The van der Waals surface area contributed by atoms with Crippen molar-refractivity contribution in [2.45, 2.75) is 44.1 Å². The van der Waals surface area contributed by atoms with Crippen LogP contribution in [0.15, 0.2) is 24.5 Å². The van der Waals surface area contributed by atoms with E-state index >= 15 is 0 Å². The summed E-state index contributed by atoms with van der Waals surface area (Å²) in [6.07, 6.45) is 9.10. The zero-order chi connectivity index (χ0) is 10.0. The van der Waals surface area contributed by atoms with Gasteiger partial charge in [-0.25, -0.2) is 0 Å². The van der Waals surface area contributed by atoms with Crippen molar-refractivity contribution in [3.8, 4) is 0 Å². The highest BCUT2D eigenvalue weighted by molar-refractivity contribution is 5.83. The first-order valence-electron chi connectivity index (χ1n) is 5.25. The van der Waals surface area contributed by atoms with Crippen LogP contribution >= 0.6 is 0 Å². The molecule has 2 heterocycles. The van der Waals surface area contributed by atoms with Crippen LogP contribution in [-0.4, -0.2) is 11.4 Å². The summed E-state index contributed by atoms with van der Waals surface area (Å²) in [4.78, 5) is 11.4. The zero-order valence-electron chi connectivity index (χ0n) is 8.42. The average molecular weight is 192 g/mol. The minimum atomic E-state index is -0.173. The first kappa shape index (κ1) is 9.50. The third kappa shape index (κ3) is 1.74. The molecule has 2 aliphatic rings. The Morgan fingerprint density at radius 3 is 3.29 bits per heavy atom. The van der Waals surface area contributed by atoms with Crippen molar-refractivity contribution in [1.82, 2.24) is 0 Å². The number of carbonyl (C=O) groups is 1. The number of ketones is 1. The molecule has 0 amide bonds. The molecule has 1 atom stereocenters. The number of hydrogen-bond acceptors (Lipinski definition) is 2. The van der Waals surface area contributed by atoms with E-state index in [1.165, 1.54) is 0 Å². The van der Waals surface area contributed by atoms with Gasteiger partial charge in [0.2, 0.25) is 0 Å². The molecular weight excluding hydrogens is 176 g/mol. The quantitative estimate of drug-likeness (QED) is 0.505. The summed E-state index contributed by atoms with van der Waals surface area (Å²) in [5.41, 5.74) is -0.173. The lowest BCUT2D eigenvalue weighted by molar-refractivity contribution is -0.129. The highest BCUT2D eigenvalue weighted by Gasteiger charge is 2.42. The van der Waals surface area contributed by atoms with Crippen LogP contribution in [0.1, 0.15) is 38.5 Å². The van der Waals surface area contributed by atoms with Crippen molar-refractivity contribution in [3.05, 3.63) is 24.5 Å². The molecule has 2 bridgehead atoms. The van der Waals surface area contributed by atoms with Crippen molar-refractivity contribution in [2.75, 3.05) is 0 Å². The lowest BCUT2D eigenvalue weighted by atomic mass is 9.88. The maximum absolute atomic E-state index is 11.4. The largest absolute Gasteiger partial charge is 0.491 e. The predicted molar refractivity (Wildman–Crippen MR) is 54.8 cm³/mol. The Labute approximate surface area is 84.6 Å². The minimum absolute atomic E-state index is 0.173. The number of unbranched alkanes of at least 4 members (excludes halogenated alkanes) is 1. The lowest BCUT2D eigenvalue weighted by Crippen LogP contribution is -2.35. The Bertz CT molecular complexity index is 291. The topological polar surface area (TPSA) is 26.3 Å². The Balaban J connectivity index is 1.96. The lowest BCUT2D eigenvalue weighted by Gasteiger charge is -2.32. The number of hydrogen-bond donors (Lipinski definition) is 0. The zero-order valence-corrected chi connectivity index (χ0v) is 8.42. The summed E-state index contributed by atoms with van der Waals surface area (Å²) in [6, 6.07) is 0. The van der Waals surface area contributed by atoms with Gasteiger partial charge in [0.05, 0.1) is 6.42 Å². The molecule has 0 aromatic rings. The minimum Gasteiger partial charge on any atom is -0.491 e. The molecule has 0 aliphatic carbocycles. The Morgan fingerprint density at radius 1 is 1.64 bits per heavy atom. The van der Waals surface area contributed by atoms with Gasteiger partial charge in [0.1, 0.15) is 17.1 Å². The standard InChI is InChI=1S/C12H16O2/c1-2-3-4-6-12-7-5-11(14-12)8-10(13)9-12/h2,5H,1,3-4,6-9H2. The van der Waals surface area contributed by atoms with Crippen LogP contribution < -0.4 is 0 Å². The first-order chi connectivity index (χ1) is 6.74. The van der Waals surface area contributed by atoms with Crippen molar-refractivity contribution in [1.29, 1.82) is 0 Å². The maximum Gasteiger partial charge on any atom is 0.144 e. The molecule has 2 aliphatic heterocycles. The Morgan fingerprint density at radius 2 is 2.50 bits per heavy atom. The van der Waals surface area contributed by atoms with Crippen molar-refractivity contribution < 1.29 is 9.53 Å². The second-order valence-corrected chi connectivity index (χ2v) is 4.23. The number of Topliss-reactive ketones (excluding diaryl/α,β-unsaturated/α-hetero) is 1. The van der Waals surface area contributed by atoms with Gasteiger partial charge in [-0.3, -0.25) is 4.79 Å². The molecule has 1 unspecified atom stereocenters. The normalized spacial score (nSPS) is 29.7. The van der Waals surface area contributed by atoms with E-state index in [-0.39, 0.29) is 5.60 Å². The van der Waals surface area contributed by atoms with Gasteiger partial charge in [0, 0.05) is 12.8 Å². The number of ether oxygens (including phenoxy) is 1. The van der Waals surface area contributed by atoms with Crippen LogP contribution in [0.3, 0.4) is 0 Å². The molecule has 14 heavy (non-hydrogen) atoms. The highest BCUT2D eigenvalue weighted by Crippen LogP contribution is 2.41. The summed E-state index contributed by atoms with van der Waals surface area (Å²) in [5.74, 6) is 1.23. The fraction of sp³-hybridized carbons (Fsp3) is 0.583. The Hall–Kier alpha value is -1.05. The molecule has 0 aromatic heterocycles. The molecule has 0 aromatic carbocycles. The van der Waals surface area contributed by atoms with Crippen molar-refractivity contribution in [2.24, 2.45) is 0 Å². The number of allylic oxidation sites excluding steroid dienone is 2. The van der Waals surface area contributed by atoms with Gasteiger partial charge in [0.15, 0.2) is 0 Å². The van der Waals surface area contributed by atoms with Gasteiger partial charge in [-0.2, -0.15) is 0 Å². The molecule has 0 radical (unpaired) electrons. The van der Waals surface area contributed by atoms with Crippen LogP contribution in [-0.2, 0) is 9.53 Å². The van der Waals surface area contributed by atoms with E-state index in [1.54, 1.807) is 0 Å². The molecule has 0 N–H and O–H groups in total. The highest BCUT2D eigenvalue weighted by atomic mass is 16.5. The summed E-state index contributed by atoms with van der Waals surface area (Å²) >= 11 is 0. The van der Waals surface area contributed by atoms with Crippen LogP contribution in [0.2, 0.25) is 0 Å². The van der Waals surface area contributed by atoms with E-state index in [0.29, 0.717) is 18.6 Å². The van der Waals surface area contributed by atoms with E-state index in [0.717, 1.165) is 31.4 Å². The van der Waals surface area contributed by atoms with E-state index in [4.69, 9.17) is 4.74 Å². The van der Waals surface area contributed by atoms with E-state index in [1.807, 2.05) is 6.08 Å². The second-order valence-electron chi connectivity index (χ2n) is 4.23. The fourth-order valence-corrected chi connectivity index (χ4v) is 2.30. The Kier molecular flexibility index (Phi) is 2.44. The second kappa shape index (κ2) is 3.60. The van der Waals surface area contributed by atoms with Gasteiger partial charge in [-0.15, -0.1) is 6.58 Å². The van der Waals surface area contributed by atoms with Crippen molar-refractivity contribution >= 4 is 5.78 Å². The summed E-state index contributed by atoms with van der Waals surface area (Å²) < 4.78 is 5.81. The maximum atomic E-state index is 11.4. The monoisotopic (exact) mass is 192 g/mol. The molecule has 0 saturated carbocycles. The van der Waals surface area contributed by atoms with Crippen LogP contribution in [0.4, 0.5) is 0 Å². The van der Waals surface area contributed by atoms with Crippen molar-refractivity contribution in [3.63, 3.8) is 0 Å². The van der Waals surface area contributed by atoms with Gasteiger partial charge in [-0.05, 0) is 25.3 Å². The average Bonchev–Trinajstić information content (AvgIpc) is 2.43. The van der Waals surface area contributed by atoms with Gasteiger partial charge < -0.3 is 4.74 Å². The van der Waals surface area contributed by atoms with Gasteiger partial charge in [0.25, 0.3) is 0 Å². The van der Waals surface area contributed by atoms with Gasteiger partial charge in [-0.1, -0.05) is 6.08 Å². The predicted octanol–water partition coefficient (Wildman–Crippen LogP) is 2.75. The number of fused-ring (bicyclic) bond motifs is 2. The van der Waals surface area contributed by atoms with Crippen LogP contribution in [0.5, 0.6) is 0 Å².